The number of furan rings is 1. The predicted molar refractivity (Wildman–Crippen MR) is 108 cm³/mol. The number of rotatable bonds is 6. The Morgan fingerprint density at radius 3 is 2.45 bits per heavy atom. The molecule has 0 aliphatic heterocycles. The fraction of sp³-hybridized carbons (Fsp3) is 0.0455. The Labute approximate surface area is 175 Å². The van der Waals surface area contributed by atoms with Crippen molar-refractivity contribution in [1.82, 2.24) is 25.0 Å². The summed E-state index contributed by atoms with van der Waals surface area (Å²) < 4.78 is 17.5. The lowest BCUT2D eigenvalue weighted by atomic mass is 10.2. The summed E-state index contributed by atoms with van der Waals surface area (Å²) in [5, 5.41) is 12.1. The second-order valence-electron chi connectivity index (χ2n) is 6.43. The van der Waals surface area contributed by atoms with Crippen LogP contribution in [0.2, 0.25) is 0 Å². The van der Waals surface area contributed by atoms with Gasteiger partial charge in [-0.25, -0.2) is 14.5 Å². The highest BCUT2D eigenvalue weighted by Crippen LogP contribution is 2.22. The molecular formula is C22H15N5O4. The molecular weight excluding hydrogens is 398 g/mol. The van der Waals surface area contributed by atoms with Crippen molar-refractivity contribution in [2.45, 2.75) is 6.61 Å². The first-order chi connectivity index (χ1) is 15.3. The van der Waals surface area contributed by atoms with Crippen molar-refractivity contribution in [3.8, 4) is 28.7 Å². The lowest BCUT2D eigenvalue weighted by molar-refractivity contribution is 0.0424. The third-order valence-electron chi connectivity index (χ3n) is 4.35. The van der Waals surface area contributed by atoms with Crippen molar-refractivity contribution in [3.63, 3.8) is 0 Å². The fourth-order valence-corrected chi connectivity index (χ4v) is 2.93. The first-order valence-electron chi connectivity index (χ1n) is 9.39. The molecule has 0 N–H and O–H groups in total. The molecule has 0 fully saturated rings. The van der Waals surface area contributed by atoms with Crippen molar-refractivity contribution in [2.24, 2.45) is 0 Å². The Balaban J connectivity index is 1.38. The number of carbonyl (C=O) groups is 1. The van der Waals surface area contributed by atoms with E-state index in [-0.39, 0.29) is 24.2 Å². The Bertz CT molecular complexity index is 1240. The van der Waals surface area contributed by atoms with Gasteiger partial charge in [-0.3, -0.25) is 0 Å². The van der Waals surface area contributed by atoms with Gasteiger partial charge in [0.15, 0.2) is 18.2 Å². The summed E-state index contributed by atoms with van der Waals surface area (Å²) in [7, 11) is 0. The van der Waals surface area contributed by atoms with E-state index in [9.17, 15) is 4.79 Å². The molecule has 3 heterocycles. The third-order valence-corrected chi connectivity index (χ3v) is 4.35. The van der Waals surface area contributed by atoms with Gasteiger partial charge in [-0.05, 0) is 24.3 Å². The second-order valence-corrected chi connectivity index (χ2v) is 6.43. The van der Waals surface area contributed by atoms with Crippen LogP contribution in [0.4, 0.5) is 0 Å². The molecule has 31 heavy (non-hydrogen) atoms. The lowest BCUT2D eigenvalue weighted by Gasteiger charge is -2.05. The quantitative estimate of drug-likeness (QED) is 0.385. The van der Waals surface area contributed by atoms with Gasteiger partial charge in [0.25, 0.3) is 17.6 Å². The maximum Gasteiger partial charge on any atom is 0.378 e. The molecule has 0 atom stereocenters. The zero-order valence-electron chi connectivity index (χ0n) is 16.1. The molecule has 3 aromatic heterocycles. The van der Waals surface area contributed by atoms with E-state index in [1.807, 2.05) is 60.7 Å². The molecule has 0 bridgehead atoms. The Kier molecular flexibility index (Phi) is 4.82. The minimum Gasteiger partial charge on any atom is -0.459 e. The molecule has 152 valence electrons. The van der Waals surface area contributed by atoms with Crippen LogP contribution in [0, 0.1) is 0 Å². The van der Waals surface area contributed by atoms with Gasteiger partial charge >= 0.3 is 5.97 Å². The van der Waals surface area contributed by atoms with Crippen LogP contribution in [0.1, 0.15) is 16.5 Å². The highest BCUT2D eigenvalue weighted by Gasteiger charge is 2.21. The maximum absolute atomic E-state index is 12.6. The highest BCUT2D eigenvalue weighted by atomic mass is 16.5. The standard InChI is InChI=1S/C22H15N5O4/c28-22(30-14-18-24-25-21(31-18)17-12-7-13-29-17)19-23-20(15-8-3-1-4-9-15)27(26-19)16-10-5-2-6-11-16/h1-13H,14H2. The van der Waals surface area contributed by atoms with Gasteiger partial charge in [-0.2, -0.15) is 0 Å². The molecule has 2 aromatic carbocycles. The van der Waals surface area contributed by atoms with Gasteiger partial charge in [0.05, 0.1) is 12.0 Å². The van der Waals surface area contributed by atoms with E-state index in [1.54, 1.807) is 16.8 Å². The van der Waals surface area contributed by atoms with Crippen LogP contribution in [-0.4, -0.2) is 30.9 Å². The van der Waals surface area contributed by atoms with Crippen molar-refractivity contribution < 1.29 is 18.4 Å². The molecule has 0 unspecified atom stereocenters. The third kappa shape index (κ3) is 3.84. The lowest BCUT2D eigenvalue weighted by Crippen LogP contribution is -2.08. The second kappa shape index (κ2) is 8.07. The summed E-state index contributed by atoms with van der Waals surface area (Å²) in [5.74, 6) is 0.509. The topological polar surface area (TPSA) is 109 Å². The van der Waals surface area contributed by atoms with Crippen LogP contribution in [0.15, 0.2) is 87.9 Å². The average molecular weight is 413 g/mol. The molecule has 5 rings (SSSR count). The normalized spacial score (nSPS) is 10.8. The van der Waals surface area contributed by atoms with Gasteiger partial charge in [-0.1, -0.05) is 48.5 Å². The minimum absolute atomic E-state index is 0.0755. The number of esters is 1. The van der Waals surface area contributed by atoms with E-state index in [1.165, 1.54) is 6.26 Å². The van der Waals surface area contributed by atoms with Crippen LogP contribution in [0.25, 0.3) is 28.7 Å². The summed E-state index contributed by atoms with van der Waals surface area (Å²) in [6.07, 6.45) is 1.50. The minimum atomic E-state index is -0.704. The SMILES string of the molecule is O=C(OCc1nnc(-c2ccco2)o1)c1nc(-c2ccccc2)n(-c2ccccc2)n1. The summed E-state index contributed by atoms with van der Waals surface area (Å²) in [6, 6.07) is 22.3. The van der Waals surface area contributed by atoms with Gasteiger partial charge < -0.3 is 13.6 Å². The van der Waals surface area contributed by atoms with E-state index in [0.29, 0.717) is 11.6 Å². The van der Waals surface area contributed by atoms with Crippen molar-refractivity contribution in [1.29, 1.82) is 0 Å². The molecule has 0 aliphatic rings. The molecule has 5 aromatic rings. The van der Waals surface area contributed by atoms with Gasteiger partial charge in [-0.15, -0.1) is 15.3 Å². The summed E-state index contributed by atoms with van der Waals surface area (Å²) >= 11 is 0. The Hall–Kier alpha value is -4.53. The van der Waals surface area contributed by atoms with E-state index in [4.69, 9.17) is 13.6 Å². The van der Waals surface area contributed by atoms with E-state index < -0.39 is 5.97 Å². The zero-order chi connectivity index (χ0) is 21.0. The van der Waals surface area contributed by atoms with Crippen molar-refractivity contribution in [3.05, 3.63) is 90.8 Å². The molecule has 0 aliphatic carbocycles. The number of aromatic nitrogens is 5. The number of nitrogens with zero attached hydrogens (tertiary/aromatic N) is 5. The number of para-hydroxylation sites is 1. The molecule has 0 spiro atoms. The zero-order valence-corrected chi connectivity index (χ0v) is 16.1. The average Bonchev–Trinajstić information content (AvgIpc) is 3.59. The van der Waals surface area contributed by atoms with E-state index in [2.05, 4.69) is 20.3 Å². The van der Waals surface area contributed by atoms with E-state index >= 15 is 0 Å². The van der Waals surface area contributed by atoms with Crippen LogP contribution >= 0.6 is 0 Å². The van der Waals surface area contributed by atoms with Crippen molar-refractivity contribution >= 4 is 5.97 Å². The van der Waals surface area contributed by atoms with Crippen LogP contribution in [0.5, 0.6) is 0 Å². The Morgan fingerprint density at radius 1 is 0.935 bits per heavy atom. The maximum atomic E-state index is 12.6. The first kappa shape index (κ1) is 18.5. The Morgan fingerprint density at radius 2 is 1.71 bits per heavy atom. The number of hydrogen-bond acceptors (Lipinski definition) is 8. The first-order valence-corrected chi connectivity index (χ1v) is 9.39. The van der Waals surface area contributed by atoms with E-state index in [0.717, 1.165) is 11.3 Å². The highest BCUT2D eigenvalue weighted by molar-refractivity contribution is 5.85. The molecule has 0 amide bonds. The molecule has 0 saturated heterocycles. The number of ether oxygens (including phenoxy) is 1. The number of hydrogen-bond donors (Lipinski definition) is 0. The molecule has 0 radical (unpaired) electrons. The predicted octanol–water partition coefficient (Wildman–Crippen LogP) is 3.93. The monoisotopic (exact) mass is 413 g/mol. The summed E-state index contributed by atoms with van der Waals surface area (Å²) in [4.78, 5) is 17.0. The smallest absolute Gasteiger partial charge is 0.378 e. The van der Waals surface area contributed by atoms with Crippen LogP contribution in [0.3, 0.4) is 0 Å². The number of benzene rings is 2. The fourth-order valence-electron chi connectivity index (χ4n) is 2.93. The van der Waals surface area contributed by atoms with Gasteiger partial charge in [0.1, 0.15) is 0 Å². The molecule has 9 heteroatoms. The van der Waals surface area contributed by atoms with Gasteiger partial charge in [0.2, 0.25) is 0 Å². The summed E-state index contributed by atoms with van der Waals surface area (Å²) in [5.41, 5.74) is 1.59. The van der Waals surface area contributed by atoms with Gasteiger partial charge in [0, 0.05) is 5.56 Å². The van der Waals surface area contributed by atoms with Crippen LogP contribution in [-0.2, 0) is 11.3 Å². The van der Waals surface area contributed by atoms with Crippen molar-refractivity contribution in [2.75, 3.05) is 0 Å². The van der Waals surface area contributed by atoms with Crippen LogP contribution < -0.4 is 0 Å². The number of carbonyl (C=O) groups excluding carboxylic acids is 1. The largest absolute Gasteiger partial charge is 0.459 e. The molecule has 0 saturated carbocycles. The summed E-state index contributed by atoms with van der Waals surface area (Å²) in [6.45, 7) is -0.215. The molecule has 9 nitrogen and oxygen atoms in total.